The zero-order valence-electron chi connectivity index (χ0n) is 14.9. The van der Waals surface area contributed by atoms with Gasteiger partial charge < -0.3 is 15.8 Å². The summed E-state index contributed by atoms with van der Waals surface area (Å²) >= 11 is 0. The molecular formula is C21H27ClN2O2. The first-order valence-corrected chi connectivity index (χ1v) is 9.07. The average molecular weight is 375 g/mol. The molecule has 3 N–H and O–H groups in total. The topological polar surface area (TPSA) is 64.4 Å². The van der Waals surface area contributed by atoms with Gasteiger partial charge in [-0.1, -0.05) is 49.6 Å². The Labute approximate surface area is 161 Å². The van der Waals surface area contributed by atoms with E-state index in [1.54, 1.807) is 0 Å². The minimum Gasteiger partial charge on any atom is -0.489 e. The van der Waals surface area contributed by atoms with Crippen molar-refractivity contribution in [3.8, 4) is 5.75 Å². The van der Waals surface area contributed by atoms with Gasteiger partial charge in [0.25, 0.3) is 5.91 Å². The van der Waals surface area contributed by atoms with Crippen LogP contribution >= 0.6 is 12.4 Å². The van der Waals surface area contributed by atoms with Crippen molar-refractivity contribution in [2.24, 2.45) is 5.73 Å². The van der Waals surface area contributed by atoms with E-state index in [0.29, 0.717) is 24.8 Å². The highest BCUT2D eigenvalue weighted by Gasteiger charge is 2.17. The molecule has 0 saturated heterocycles. The van der Waals surface area contributed by atoms with Crippen LogP contribution in [0.1, 0.15) is 53.6 Å². The van der Waals surface area contributed by atoms with E-state index in [1.807, 2.05) is 48.5 Å². The minimum atomic E-state index is -0.0174. The number of halogens is 1. The summed E-state index contributed by atoms with van der Waals surface area (Å²) in [7, 11) is 0. The van der Waals surface area contributed by atoms with Crippen molar-refractivity contribution in [1.29, 1.82) is 0 Å². The molecule has 0 bridgehead atoms. The Hall–Kier alpha value is -2.04. The van der Waals surface area contributed by atoms with Gasteiger partial charge >= 0.3 is 0 Å². The van der Waals surface area contributed by atoms with E-state index in [9.17, 15) is 4.79 Å². The zero-order valence-corrected chi connectivity index (χ0v) is 15.8. The SMILES string of the molecule is Cl.NCc1cc(C(=O)NC2CCCCC2)ccc1OCc1ccccc1. The number of amides is 1. The lowest BCUT2D eigenvalue weighted by atomic mass is 9.95. The molecule has 1 aliphatic carbocycles. The maximum absolute atomic E-state index is 12.5. The predicted octanol–water partition coefficient (Wildman–Crippen LogP) is 4.21. The number of hydrogen-bond donors (Lipinski definition) is 2. The van der Waals surface area contributed by atoms with Gasteiger partial charge in [0.15, 0.2) is 0 Å². The van der Waals surface area contributed by atoms with Gasteiger partial charge in [0, 0.05) is 23.7 Å². The van der Waals surface area contributed by atoms with Crippen LogP contribution in [0.25, 0.3) is 0 Å². The molecule has 0 aliphatic heterocycles. The number of carbonyl (C=O) groups is 1. The van der Waals surface area contributed by atoms with Gasteiger partial charge in [-0.05, 0) is 36.6 Å². The standard InChI is InChI=1S/C21H26N2O2.ClH/c22-14-18-13-17(21(24)23-19-9-5-2-6-10-19)11-12-20(18)25-15-16-7-3-1-4-8-16;/h1,3-4,7-8,11-13,19H,2,5-6,9-10,14-15,22H2,(H,23,24);1H. The smallest absolute Gasteiger partial charge is 0.251 e. The Morgan fingerprint density at radius 1 is 1.08 bits per heavy atom. The van der Waals surface area contributed by atoms with Crippen LogP contribution in [-0.2, 0) is 13.2 Å². The summed E-state index contributed by atoms with van der Waals surface area (Å²) in [4.78, 5) is 12.5. The first kappa shape index (κ1) is 20.3. The molecule has 0 atom stereocenters. The summed E-state index contributed by atoms with van der Waals surface area (Å²) in [6.07, 6.45) is 5.83. The molecule has 0 radical (unpaired) electrons. The molecule has 4 nitrogen and oxygen atoms in total. The number of hydrogen-bond acceptors (Lipinski definition) is 3. The molecule has 3 rings (SSSR count). The summed E-state index contributed by atoms with van der Waals surface area (Å²) in [6, 6.07) is 15.8. The second kappa shape index (κ2) is 10.2. The van der Waals surface area contributed by atoms with Crippen molar-refractivity contribution < 1.29 is 9.53 Å². The molecule has 140 valence electrons. The molecule has 2 aromatic carbocycles. The number of carbonyl (C=O) groups excluding carboxylic acids is 1. The third kappa shape index (κ3) is 5.48. The van der Waals surface area contributed by atoms with Crippen molar-refractivity contribution >= 4 is 18.3 Å². The van der Waals surface area contributed by atoms with Crippen molar-refractivity contribution in [3.05, 3.63) is 65.2 Å². The molecule has 0 spiro atoms. The number of benzene rings is 2. The lowest BCUT2D eigenvalue weighted by Gasteiger charge is -2.23. The van der Waals surface area contributed by atoms with E-state index in [1.165, 1.54) is 19.3 Å². The average Bonchev–Trinajstić information content (AvgIpc) is 2.67. The lowest BCUT2D eigenvalue weighted by Crippen LogP contribution is -2.36. The predicted molar refractivity (Wildman–Crippen MR) is 107 cm³/mol. The summed E-state index contributed by atoms with van der Waals surface area (Å²) in [5, 5.41) is 3.14. The highest BCUT2D eigenvalue weighted by atomic mass is 35.5. The maximum Gasteiger partial charge on any atom is 0.251 e. The first-order chi connectivity index (χ1) is 12.3. The van der Waals surface area contributed by atoms with Gasteiger partial charge in [-0.15, -0.1) is 12.4 Å². The summed E-state index contributed by atoms with van der Waals surface area (Å²) < 4.78 is 5.89. The molecule has 2 aromatic rings. The van der Waals surface area contributed by atoms with Gasteiger partial charge in [0.2, 0.25) is 0 Å². The third-order valence-corrected chi connectivity index (χ3v) is 4.72. The summed E-state index contributed by atoms with van der Waals surface area (Å²) in [5.74, 6) is 0.719. The Bertz CT molecular complexity index is 700. The molecule has 0 aromatic heterocycles. The highest BCUT2D eigenvalue weighted by molar-refractivity contribution is 5.94. The van der Waals surface area contributed by atoms with Gasteiger partial charge in [-0.2, -0.15) is 0 Å². The molecule has 1 fully saturated rings. The van der Waals surface area contributed by atoms with Gasteiger partial charge in [-0.3, -0.25) is 4.79 Å². The third-order valence-electron chi connectivity index (χ3n) is 4.72. The molecule has 1 aliphatic rings. The fraction of sp³-hybridized carbons (Fsp3) is 0.381. The van der Waals surface area contributed by atoms with Crippen molar-refractivity contribution in [2.75, 3.05) is 0 Å². The van der Waals surface area contributed by atoms with Crippen LogP contribution in [-0.4, -0.2) is 11.9 Å². The fourth-order valence-electron chi connectivity index (χ4n) is 3.27. The maximum atomic E-state index is 12.5. The molecule has 26 heavy (non-hydrogen) atoms. The summed E-state index contributed by atoms with van der Waals surface area (Å²) in [6.45, 7) is 0.829. The van der Waals surface area contributed by atoms with Crippen molar-refractivity contribution in [3.63, 3.8) is 0 Å². The molecule has 1 saturated carbocycles. The van der Waals surface area contributed by atoms with Crippen LogP contribution in [0.4, 0.5) is 0 Å². The number of rotatable bonds is 6. The number of nitrogens with one attached hydrogen (secondary N) is 1. The van der Waals surface area contributed by atoms with Crippen LogP contribution in [0.5, 0.6) is 5.75 Å². The van der Waals surface area contributed by atoms with Gasteiger partial charge in [0.05, 0.1) is 0 Å². The Morgan fingerprint density at radius 3 is 2.50 bits per heavy atom. The van der Waals surface area contributed by atoms with E-state index < -0.39 is 0 Å². The van der Waals surface area contributed by atoms with E-state index in [-0.39, 0.29) is 18.3 Å². The number of nitrogens with two attached hydrogens (primary N) is 1. The van der Waals surface area contributed by atoms with E-state index in [2.05, 4.69) is 5.32 Å². The van der Waals surface area contributed by atoms with Gasteiger partial charge in [0.1, 0.15) is 12.4 Å². The first-order valence-electron chi connectivity index (χ1n) is 9.07. The Kier molecular flexibility index (Phi) is 7.95. The van der Waals surface area contributed by atoms with E-state index in [4.69, 9.17) is 10.5 Å². The second-order valence-corrected chi connectivity index (χ2v) is 6.61. The fourth-order valence-corrected chi connectivity index (χ4v) is 3.27. The van der Waals surface area contributed by atoms with Crippen molar-refractivity contribution in [2.45, 2.75) is 51.3 Å². The van der Waals surface area contributed by atoms with Gasteiger partial charge in [-0.25, -0.2) is 0 Å². The van der Waals surface area contributed by atoms with E-state index in [0.717, 1.165) is 29.7 Å². The van der Waals surface area contributed by atoms with Crippen LogP contribution < -0.4 is 15.8 Å². The number of ether oxygens (including phenoxy) is 1. The Morgan fingerprint density at radius 2 is 1.81 bits per heavy atom. The molecular weight excluding hydrogens is 348 g/mol. The van der Waals surface area contributed by atoms with Crippen LogP contribution in [0, 0.1) is 0 Å². The quantitative estimate of drug-likeness (QED) is 0.796. The van der Waals surface area contributed by atoms with Crippen LogP contribution in [0.3, 0.4) is 0 Å². The normalized spacial score (nSPS) is 14.3. The Balaban J connectivity index is 0.00000243. The van der Waals surface area contributed by atoms with E-state index >= 15 is 0 Å². The lowest BCUT2D eigenvalue weighted by molar-refractivity contribution is 0.0927. The summed E-state index contributed by atoms with van der Waals surface area (Å²) in [5.41, 5.74) is 8.47. The highest BCUT2D eigenvalue weighted by Crippen LogP contribution is 2.22. The van der Waals surface area contributed by atoms with Crippen molar-refractivity contribution in [1.82, 2.24) is 5.32 Å². The monoisotopic (exact) mass is 374 g/mol. The molecule has 0 unspecified atom stereocenters. The largest absolute Gasteiger partial charge is 0.489 e. The molecule has 5 heteroatoms. The zero-order chi connectivity index (χ0) is 17.5. The molecule has 1 amide bonds. The van der Waals surface area contributed by atoms with Crippen LogP contribution in [0.2, 0.25) is 0 Å². The molecule has 0 heterocycles. The minimum absolute atomic E-state index is 0. The van der Waals surface area contributed by atoms with Crippen LogP contribution in [0.15, 0.2) is 48.5 Å². The second-order valence-electron chi connectivity index (χ2n) is 6.61.